The average molecular weight is 529 g/mol. The van der Waals surface area contributed by atoms with Crippen LogP contribution >= 0.6 is 11.6 Å². The van der Waals surface area contributed by atoms with Crippen molar-refractivity contribution in [1.29, 1.82) is 5.26 Å². The summed E-state index contributed by atoms with van der Waals surface area (Å²) in [6.07, 6.45) is -0.196. The van der Waals surface area contributed by atoms with Gasteiger partial charge in [-0.2, -0.15) is 5.26 Å². The largest absolute Gasteiger partial charge is 0.476 e. The number of nitriles is 1. The van der Waals surface area contributed by atoms with Gasteiger partial charge in [-0.25, -0.2) is 9.18 Å². The molecule has 0 spiro atoms. The molecule has 2 aromatic carbocycles. The van der Waals surface area contributed by atoms with Crippen LogP contribution in [0, 0.1) is 22.6 Å². The molecule has 1 atom stereocenters. The monoisotopic (exact) mass is 528 g/mol. The molecule has 2 aliphatic rings. The number of hydrogen-bond acceptors (Lipinski definition) is 6. The maximum atomic E-state index is 13.5. The average Bonchev–Trinajstić information content (AvgIpc) is 2.84. The number of anilines is 2. The Morgan fingerprint density at radius 2 is 1.89 bits per heavy atom. The Kier molecular flexibility index (Phi) is 7.24. The Morgan fingerprint density at radius 3 is 2.49 bits per heavy atom. The molecule has 0 bridgehead atoms. The lowest BCUT2D eigenvalue weighted by molar-refractivity contribution is -0.140. The number of carbonyl (C=O) groups excluding carboxylic acids is 2. The summed E-state index contributed by atoms with van der Waals surface area (Å²) in [5.74, 6) is -0.355. The molecule has 0 aliphatic carbocycles. The van der Waals surface area contributed by atoms with E-state index in [9.17, 15) is 19.2 Å². The van der Waals surface area contributed by atoms with Gasteiger partial charge in [0.05, 0.1) is 34.4 Å². The Bertz CT molecular complexity index is 1230. The molecular weight excluding hydrogens is 499 g/mol. The fourth-order valence-corrected chi connectivity index (χ4v) is 4.77. The van der Waals surface area contributed by atoms with Crippen LogP contribution in [0.5, 0.6) is 5.75 Å². The predicted octanol–water partition coefficient (Wildman–Crippen LogP) is 4.94. The van der Waals surface area contributed by atoms with E-state index in [2.05, 4.69) is 6.07 Å². The number of halogens is 2. The molecule has 1 fully saturated rings. The smallest absolute Gasteiger partial charge is 0.415 e. The van der Waals surface area contributed by atoms with Crippen LogP contribution in [0.4, 0.5) is 20.6 Å². The van der Waals surface area contributed by atoms with Crippen molar-refractivity contribution in [3.8, 4) is 11.8 Å². The van der Waals surface area contributed by atoms with E-state index < -0.39 is 23.2 Å². The van der Waals surface area contributed by atoms with Crippen LogP contribution in [0.2, 0.25) is 5.02 Å². The van der Waals surface area contributed by atoms with Gasteiger partial charge in [0.1, 0.15) is 17.2 Å². The first kappa shape index (κ1) is 26.6. The van der Waals surface area contributed by atoms with Gasteiger partial charge in [0.25, 0.3) is 5.91 Å². The van der Waals surface area contributed by atoms with Crippen LogP contribution in [0.3, 0.4) is 0 Å². The Balaban J connectivity index is 1.50. The Hall–Kier alpha value is -3.51. The van der Waals surface area contributed by atoms with E-state index in [-0.39, 0.29) is 34.7 Å². The molecular formula is C27H30ClFN4O4. The van der Waals surface area contributed by atoms with E-state index in [4.69, 9.17) is 26.8 Å². The first-order valence-electron chi connectivity index (χ1n) is 12.1. The van der Waals surface area contributed by atoms with Crippen molar-refractivity contribution in [1.82, 2.24) is 4.90 Å². The highest BCUT2D eigenvalue weighted by molar-refractivity contribution is 6.33. The summed E-state index contributed by atoms with van der Waals surface area (Å²) in [5.41, 5.74) is 6.07. The molecule has 2 amide bonds. The molecule has 10 heteroatoms. The van der Waals surface area contributed by atoms with Crippen molar-refractivity contribution in [2.45, 2.75) is 51.7 Å². The highest BCUT2D eigenvalue weighted by atomic mass is 35.5. The second-order valence-corrected chi connectivity index (χ2v) is 11.0. The molecule has 8 nitrogen and oxygen atoms in total. The number of fused-ring (bicyclic) bond motifs is 1. The number of piperidine rings is 1. The fraction of sp³-hybridized carbons (Fsp3) is 0.444. The highest BCUT2D eigenvalue weighted by Crippen LogP contribution is 2.41. The minimum atomic E-state index is -0.979. The number of carbonyl (C=O) groups is 2. The first-order valence-corrected chi connectivity index (χ1v) is 12.5. The molecule has 2 heterocycles. The van der Waals surface area contributed by atoms with Crippen LogP contribution < -0.4 is 15.4 Å². The molecule has 37 heavy (non-hydrogen) atoms. The van der Waals surface area contributed by atoms with Gasteiger partial charge in [-0.15, -0.1) is 0 Å². The lowest BCUT2D eigenvalue weighted by Gasteiger charge is -2.41. The van der Waals surface area contributed by atoms with Gasteiger partial charge < -0.3 is 20.1 Å². The van der Waals surface area contributed by atoms with Gasteiger partial charge >= 0.3 is 6.09 Å². The topological polar surface area (TPSA) is 109 Å². The predicted molar refractivity (Wildman–Crippen MR) is 138 cm³/mol. The Labute approximate surface area is 220 Å². The maximum Gasteiger partial charge on any atom is 0.415 e. The van der Waals surface area contributed by atoms with Crippen molar-refractivity contribution in [3.05, 3.63) is 52.8 Å². The van der Waals surface area contributed by atoms with Crippen LogP contribution in [-0.4, -0.2) is 48.2 Å². The molecule has 2 N–H and O–H groups in total. The van der Waals surface area contributed by atoms with Crippen LogP contribution in [-0.2, 0) is 16.0 Å². The van der Waals surface area contributed by atoms with E-state index in [1.54, 1.807) is 37.8 Å². The third kappa shape index (κ3) is 5.91. The van der Waals surface area contributed by atoms with Gasteiger partial charge in [-0.05, 0) is 63.8 Å². The van der Waals surface area contributed by atoms with Crippen LogP contribution in [0.15, 0.2) is 36.4 Å². The van der Waals surface area contributed by atoms with Crippen molar-refractivity contribution in [3.63, 3.8) is 0 Å². The number of nitrogen functional groups attached to an aromatic ring is 1. The summed E-state index contributed by atoms with van der Waals surface area (Å²) in [5, 5.41) is 10.2. The summed E-state index contributed by atoms with van der Waals surface area (Å²) >= 11 is 6.20. The molecule has 2 aliphatic heterocycles. The quantitative estimate of drug-likeness (QED) is 0.565. The summed E-state index contributed by atoms with van der Waals surface area (Å²) in [6.45, 7) is 5.92. The SMILES string of the molecule is CC(C)(C)OC(=O)N1CC(C(=O)N2CCC(C#N)(Cc3ccc(F)cc3)CC2)Oc2cc(N)c(Cl)cc21. The number of hydrogen-bond donors (Lipinski definition) is 1. The number of rotatable bonds is 3. The zero-order chi connectivity index (χ0) is 27.0. The number of nitrogens with zero attached hydrogens (tertiary/aromatic N) is 3. The molecule has 0 saturated carbocycles. The first-order chi connectivity index (χ1) is 17.4. The summed E-state index contributed by atoms with van der Waals surface area (Å²) in [7, 11) is 0. The van der Waals surface area contributed by atoms with E-state index in [0.717, 1.165) is 5.56 Å². The molecule has 0 aromatic heterocycles. The van der Waals surface area contributed by atoms with Gasteiger partial charge in [-0.1, -0.05) is 23.7 Å². The fourth-order valence-electron chi connectivity index (χ4n) is 4.62. The summed E-state index contributed by atoms with van der Waals surface area (Å²) in [6, 6.07) is 11.6. The second-order valence-electron chi connectivity index (χ2n) is 10.6. The normalized spacial score (nSPS) is 18.9. The third-order valence-electron chi connectivity index (χ3n) is 6.60. The van der Waals surface area contributed by atoms with Crippen LogP contribution in [0.25, 0.3) is 0 Å². The van der Waals surface area contributed by atoms with Crippen molar-refractivity contribution < 1.29 is 23.5 Å². The second kappa shape index (κ2) is 10.1. The number of likely N-dealkylation sites (tertiary alicyclic amines) is 1. The third-order valence-corrected chi connectivity index (χ3v) is 6.93. The van der Waals surface area contributed by atoms with Crippen molar-refractivity contribution in [2.75, 3.05) is 30.3 Å². The standard InChI is InChI=1S/C27H30ClFN4O4/c1-26(2,3)37-25(35)33-15-23(36-22-13-20(31)19(28)12-21(22)33)24(34)32-10-8-27(16-30,9-11-32)14-17-4-6-18(29)7-5-17/h4-7,12-13,23H,8-11,14-15,31H2,1-3H3. The van der Waals surface area contributed by atoms with E-state index in [1.807, 2.05) is 0 Å². The molecule has 4 rings (SSSR count). The van der Waals surface area contributed by atoms with E-state index in [0.29, 0.717) is 38.0 Å². The zero-order valence-corrected chi connectivity index (χ0v) is 21.8. The minimum absolute atomic E-state index is 0.0591. The molecule has 196 valence electrons. The Morgan fingerprint density at radius 1 is 1.24 bits per heavy atom. The number of nitrogens with two attached hydrogens (primary N) is 1. The van der Waals surface area contributed by atoms with Gasteiger partial charge in [0.2, 0.25) is 0 Å². The lowest BCUT2D eigenvalue weighted by atomic mass is 9.75. The number of ether oxygens (including phenoxy) is 2. The summed E-state index contributed by atoms with van der Waals surface area (Å²) < 4.78 is 24.8. The molecule has 1 saturated heterocycles. The van der Waals surface area contributed by atoms with E-state index in [1.165, 1.54) is 29.2 Å². The molecule has 0 radical (unpaired) electrons. The van der Waals surface area contributed by atoms with Gasteiger partial charge in [0.15, 0.2) is 6.10 Å². The maximum absolute atomic E-state index is 13.5. The highest BCUT2D eigenvalue weighted by Gasteiger charge is 2.42. The summed E-state index contributed by atoms with van der Waals surface area (Å²) in [4.78, 5) is 29.5. The van der Waals surface area contributed by atoms with Gasteiger partial charge in [0, 0.05) is 19.2 Å². The number of benzene rings is 2. The van der Waals surface area contributed by atoms with Crippen molar-refractivity contribution >= 4 is 35.0 Å². The van der Waals surface area contributed by atoms with Crippen molar-refractivity contribution in [2.24, 2.45) is 5.41 Å². The van der Waals surface area contributed by atoms with Gasteiger partial charge in [-0.3, -0.25) is 9.69 Å². The zero-order valence-electron chi connectivity index (χ0n) is 21.1. The number of amides is 2. The van der Waals surface area contributed by atoms with E-state index >= 15 is 0 Å². The molecule has 1 unspecified atom stereocenters. The molecule has 2 aromatic rings. The van der Waals surface area contributed by atoms with Crippen LogP contribution in [0.1, 0.15) is 39.2 Å². The lowest BCUT2D eigenvalue weighted by Crippen LogP contribution is -2.54. The minimum Gasteiger partial charge on any atom is -0.476 e.